The molecule has 6 heteroatoms. The normalized spacial score (nSPS) is 17.1. The van der Waals surface area contributed by atoms with Gasteiger partial charge in [0.2, 0.25) is 0 Å². The highest BCUT2D eigenvalue weighted by molar-refractivity contribution is 5.87. The van der Waals surface area contributed by atoms with Crippen LogP contribution in [0.5, 0.6) is 0 Å². The lowest BCUT2D eigenvalue weighted by atomic mass is 10.1. The van der Waals surface area contributed by atoms with Crippen LogP contribution in [0.4, 0.5) is 5.82 Å². The Morgan fingerprint density at radius 1 is 1.50 bits per heavy atom. The molecule has 1 fully saturated rings. The van der Waals surface area contributed by atoms with Crippen LogP contribution in [0.3, 0.4) is 0 Å². The summed E-state index contributed by atoms with van der Waals surface area (Å²) in [6.45, 7) is 2.54. The number of aromatic nitrogens is 3. The zero-order valence-corrected chi connectivity index (χ0v) is 10.6. The van der Waals surface area contributed by atoms with Crippen molar-refractivity contribution in [3.8, 4) is 0 Å². The third-order valence-electron chi connectivity index (χ3n) is 3.66. The summed E-state index contributed by atoms with van der Waals surface area (Å²) in [6.07, 6.45) is 4.02. The second-order valence-corrected chi connectivity index (χ2v) is 4.90. The number of nitrogens with zero attached hydrogens (tertiary/aromatic N) is 4. The lowest BCUT2D eigenvalue weighted by molar-refractivity contribution is 0.442. The zero-order valence-electron chi connectivity index (χ0n) is 10.6. The van der Waals surface area contributed by atoms with Gasteiger partial charge >= 0.3 is 0 Å². The van der Waals surface area contributed by atoms with Gasteiger partial charge in [-0.1, -0.05) is 5.16 Å². The molecule has 96 valence electrons. The number of likely N-dealkylation sites (N-methyl/N-ethyl adjacent to an activating group) is 1. The fourth-order valence-electron chi connectivity index (χ4n) is 2.48. The van der Waals surface area contributed by atoms with Gasteiger partial charge in [0.25, 0.3) is 5.71 Å². The number of aryl methyl sites for hydroxylation is 1. The monoisotopic (exact) mass is 247 g/mol. The minimum Gasteiger partial charge on any atom is -0.354 e. The molecule has 1 aliphatic rings. The van der Waals surface area contributed by atoms with Crippen molar-refractivity contribution in [2.75, 3.05) is 18.5 Å². The molecule has 2 aromatic rings. The Bertz CT molecular complexity index is 563. The smallest absolute Gasteiger partial charge is 0.263 e. The van der Waals surface area contributed by atoms with Crippen LogP contribution in [0.25, 0.3) is 11.1 Å². The summed E-state index contributed by atoms with van der Waals surface area (Å²) in [5, 5.41) is 4.84. The molecule has 1 unspecified atom stereocenters. The van der Waals surface area contributed by atoms with Gasteiger partial charge in [-0.15, -0.1) is 0 Å². The molecule has 0 aromatic carbocycles. The van der Waals surface area contributed by atoms with Crippen molar-refractivity contribution in [2.45, 2.75) is 25.8 Å². The van der Waals surface area contributed by atoms with Crippen LogP contribution in [0.15, 0.2) is 10.9 Å². The molecule has 0 saturated heterocycles. The van der Waals surface area contributed by atoms with E-state index in [4.69, 9.17) is 10.3 Å². The molecule has 6 nitrogen and oxygen atoms in total. The maximum Gasteiger partial charge on any atom is 0.263 e. The molecule has 0 bridgehead atoms. The summed E-state index contributed by atoms with van der Waals surface area (Å²) in [4.78, 5) is 10.6. The highest BCUT2D eigenvalue weighted by Gasteiger charge is 2.34. The molecule has 18 heavy (non-hydrogen) atoms. The van der Waals surface area contributed by atoms with E-state index in [1.165, 1.54) is 19.2 Å². The van der Waals surface area contributed by atoms with Crippen molar-refractivity contribution in [1.29, 1.82) is 0 Å². The van der Waals surface area contributed by atoms with E-state index >= 15 is 0 Å². The van der Waals surface area contributed by atoms with Crippen LogP contribution in [0.2, 0.25) is 0 Å². The van der Waals surface area contributed by atoms with Gasteiger partial charge in [0.15, 0.2) is 0 Å². The minimum absolute atomic E-state index is 0.331. The number of rotatable bonds is 4. The summed E-state index contributed by atoms with van der Waals surface area (Å²) >= 11 is 0. The molecular formula is C12H17N5O. The fraction of sp³-hybridized carbons (Fsp3) is 0.583. The quantitative estimate of drug-likeness (QED) is 0.871. The van der Waals surface area contributed by atoms with Crippen LogP contribution in [-0.4, -0.2) is 34.8 Å². The van der Waals surface area contributed by atoms with Gasteiger partial charge < -0.3 is 15.2 Å². The summed E-state index contributed by atoms with van der Waals surface area (Å²) in [6, 6.07) is 0.331. The Morgan fingerprint density at radius 3 is 2.94 bits per heavy atom. The maximum atomic E-state index is 5.89. The van der Waals surface area contributed by atoms with E-state index in [9.17, 15) is 0 Å². The number of nitrogens with two attached hydrogens (primary N) is 1. The maximum absolute atomic E-state index is 5.89. The summed E-state index contributed by atoms with van der Waals surface area (Å²) in [7, 11) is 2.03. The molecule has 2 aromatic heterocycles. The first-order chi connectivity index (χ1) is 8.72. The van der Waals surface area contributed by atoms with Gasteiger partial charge in [-0.05, 0) is 25.7 Å². The van der Waals surface area contributed by atoms with E-state index < -0.39 is 0 Å². The molecule has 2 heterocycles. The first-order valence-corrected chi connectivity index (χ1v) is 6.22. The highest BCUT2D eigenvalue weighted by Crippen LogP contribution is 2.37. The van der Waals surface area contributed by atoms with Crippen LogP contribution >= 0.6 is 0 Å². The van der Waals surface area contributed by atoms with E-state index in [-0.39, 0.29) is 0 Å². The Labute approximate surface area is 105 Å². The number of anilines is 1. The third kappa shape index (κ3) is 1.73. The van der Waals surface area contributed by atoms with Gasteiger partial charge in [-0.25, -0.2) is 4.98 Å². The average Bonchev–Trinajstić information content (AvgIpc) is 3.14. The largest absolute Gasteiger partial charge is 0.354 e. The van der Waals surface area contributed by atoms with E-state index in [0.29, 0.717) is 24.2 Å². The number of hydrogen-bond acceptors (Lipinski definition) is 6. The first kappa shape index (κ1) is 11.4. The second-order valence-electron chi connectivity index (χ2n) is 4.90. The lowest BCUT2D eigenvalue weighted by Crippen LogP contribution is -2.40. The molecule has 3 rings (SSSR count). The minimum atomic E-state index is 0.331. The molecule has 1 atom stereocenters. The van der Waals surface area contributed by atoms with Gasteiger partial charge in [-0.2, -0.15) is 4.98 Å². The topological polar surface area (TPSA) is 81.1 Å². The Hall–Kier alpha value is -1.69. The standard InChI is InChI=1S/C12H17N5O/c1-7-10-11(14-6-15-12(10)18-16-7)17(2)9(5-13)8-3-4-8/h6,8-9H,3-5,13H2,1-2H3. The summed E-state index contributed by atoms with van der Waals surface area (Å²) in [5.74, 6) is 1.55. The van der Waals surface area contributed by atoms with Gasteiger partial charge in [0, 0.05) is 19.6 Å². The van der Waals surface area contributed by atoms with Crippen molar-refractivity contribution in [3.05, 3.63) is 12.0 Å². The van der Waals surface area contributed by atoms with E-state index in [2.05, 4.69) is 20.0 Å². The van der Waals surface area contributed by atoms with Crippen molar-refractivity contribution >= 4 is 16.9 Å². The van der Waals surface area contributed by atoms with Crippen molar-refractivity contribution < 1.29 is 4.52 Å². The predicted octanol–water partition coefficient (Wildman–Crippen LogP) is 1.10. The Morgan fingerprint density at radius 2 is 2.28 bits per heavy atom. The molecule has 0 spiro atoms. The molecule has 1 aliphatic carbocycles. The molecular weight excluding hydrogens is 230 g/mol. The molecule has 0 radical (unpaired) electrons. The average molecular weight is 247 g/mol. The fourth-order valence-corrected chi connectivity index (χ4v) is 2.48. The molecule has 2 N–H and O–H groups in total. The summed E-state index contributed by atoms with van der Waals surface area (Å²) in [5.41, 5.74) is 7.24. The van der Waals surface area contributed by atoms with Crippen LogP contribution in [0.1, 0.15) is 18.5 Å². The van der Waals surface area contributed by atoms with Gasteiger partial charge in [0.1, 0.15) is 17.5 Å². The van der Waals surface area contributed by atoms with Crippen LogP contribution < -0.4 is 10.6 Å². The zero-order chi connectivity index (χ0) is 12.7. The van der Waals surface area contributed by atoms with E-state index in [0.717, 1.165) is 16.9 Å². The second kappa shape index (κ2) is 4.20. The SMILES string of the molecule is Cc1noc2ncnc(N(C)C(CN)C3CC3)c12. The summed E-state index contributed by atoms with van der Waals surface area (Å²) < 4.78 is 5.17. The number of fused-ring (bicyclic) bond motifs is 1. The third-order valence-corrected chi connectivity index (χ3v) is 3.66. The molecule has 0 amide bonds. The van der Waals surface area contributed by atoms with Crippen LogP contribution in [-0.2, 0) is 0 Å². The Kier molecular flexibility index (Phi) is 2.66. The van der Waals surface area contributed by atoms with Crippen molar-refractivity contribution in [1.82, 2.24) is 15.1 Å². The highest BCUT2D eigenvalue weighted by atomic mass is 16.5. The van der Waals surface area contributed by atoms with Crippen molar-refractivity contribution in [2.24, 2.45) is 11.7 Å². The van der Waals surface area contributed by atoms with Crippen LogP contribution in [0, 0.1) is 12.8 Å². The molecule has 0 aliphatic heterocycles. The van der Waals surface area contributed by atoms with Gasteiger partial charge in [0.05, 0.1) is 5.69 Å². The van der Waals surface area contributed by atoms with E-state index in [1.54, 1.807) is 0 Å². The first-order valence-electron chi connectivity index (χ1n) is 6.22. The molecule has 1 saturated carbocycles. The Balaban J connectivity index is 2.04. The predicted molar refractivity (Wildman–Crippen MR) is 68.3 cm³/mol. The van der Waals surface area contributed by atoms with Gasteiger partial charge in [-0.3, -0.25) is 0 Å². The van der Waals surface area contributed by atoms with E-state index in [1.807, 2.05) is 14.0 Å². The lowest BCUT2D eigenvalue weighted by Gasteiger charge is -2.28. The van der Waals surface area contributed by atoms with Crippen molar-refractivity contribution in [3.63, 3.8) is 0 Å². The number of hydrogen-bond donors (Lipinski definition) is 1.